The lowest BCUT2D eigenvalue weighted by atomic mass is 10.1. The van der Waals surface area contributed by atoms with Crippen LogP contribution in [0.25, 0.3) is 0 Å². The van der Waals surface area contributed by atoms with Gasteiger partial charge in [-0.2, -0.15) is 5.10 Å². The molecule has 25 heavy (non-hydrogen) atoms. The van der Waals surface area contributed by atoms with Crippen LogP contribution in [0.5, 0.6) is 0 Å². The minimum Gasteiger partial charge on any atom is -0.321 e. The van der Waals surface area contributed by atoms with E-state index in [-0.39, 0.29) is 34.1 Å². The number of amides is 2. The monoisotopic (exact) mass is 363 g/mol. The normalized spacial score (nSPS) is 19.0. The second kappa shape index (κ2) is 6.95. The predicted molar refractivity (Wildman–Crippen MR) is 94.0 cm³/mol. The molecule has 1 aliphatic carbocycles. The van der Waals surface area contributed by atoms with Crippen LogP contribution in [0.1, 0.15) is 38.5 Å². The molecule has 2 amide bonds. The van der Waals surface area contributed by atoms with E-state index in [1.807, 2.05) is 0 Å². The van der Waals surface area contributed by atoms with Crippen molar-refractivity contribution in [1.82, 2.24) is 5.01 Å². The maximum atomic E-state index is 12.5. The van der Waals surface area contributed by atoms with Crippen LogP contribution >= 0.6 is 0 Å². The van der Waals surface area contributed by atoms with E-state index >= 15 is 0 Å². The van der Waals surface area contributed by atoms with Crippen molar-refractivity contribution in [2.24, 2.45) is 5.10 Å². The molecule has 1 fully saturated rings. The third-order valence-corrected chi connectivity index (χ3v) is 6.93. The average molecular weight is 363 g/mol. The van der Waals surface area contributed by atoms with E-state index in [1.165, 1.54) is 19.2 Å². The standard InChI is InChI=1S/C17H21N3O4S/c1-20-16(21)11-10-15(19-20)17(22)18-12-6-8-14(9-7-12)25(23,24)13-4-2-3-5-13/h6-9,13H,2-5,10-11H2,1H3,(H,18,22). The highest BCUT2D eigenvalue weighted by Gasteiger charge is 2.30. The molecular formula is C17H21N3O4S. The van der Waals surface area contributed by atoms with Crippen LogP contribution in [0.3, 0.4) is 0 Å². The molecule has 0 spiro atoms. The van der Waals surface area contributed by atoms with Crippen molar-refractivity contribution in [3.63, 3.8) is 0 Å². The Morgan fingerprint density at radius 2 is 1.80 bits per heavy atom. The van der Waals surface area contributed by atoms with Crippen molar-refractivity contribution >= 4 is 33.1 Å². The zero-order chi connectivity index (χ0) is 18.0. The molecule has 3 rings (SSSR count). The predicted octanol–water partition coefficient (Wildman–Crippen LogP) is 1.95. The summed E-state index contributed by atoms with van der Waals surface area (Å²) >= 11 is 0. The number of anilines is 1. The SMILES string of the molecule is CN1N=C(C(=O)Nc2ccc(S(=O)(=O)C3CCCC3)cc2)CCC1=O. The summed E-state index contributed by atoms with van der Waals surface area (Å²) < 4.78 is 25.1. The Morgan fingerprint density at radius 1 is 1.16 bits per heavy atom. The average Bonchev–Trinajstić information content (AvgIpc) is 3.13. The van der Waals surface area contributed by atoms with Crippen LogP contribution in [0.4, 0.5) is 5.69 Å². The van der Waals surface area contributed by atoms with Crippen LogP contribution in [0.15, 0.2) is 34.3 Å². The molecular weight excluding hydrogens is 342 g/mol. The van der Waals surface area contributed by atoms with Crippen molar-refractivity contribution in [3.05, 3.63) is 24.3 Å². The highest BCUT2D eigenvalue weighted by atomic mass is 32.2. The second-order valence-electron chi connectivity index (χ2n) is 6.39. The van der Waals surface area contributed by atoms with Crippen LogP contribution < -0.4 is 5.32 Å². The number of nitrogens with zero attached hydrogens (tertiary/aromatic N) is 2. The molecule has 1 aromatic rings. The molecule has 1 aliphatic heterocycles. The number of nitrogens with one attached hydrogen (secondary N) is 1. The first-order chi connectivity index (χ1) is 11.9. The number of rotatable bonds is 4. The summed E-state index contributed by atoms with van der Waals surface area (Å²) in [7, 11) is -1.79. The summed E-state index contributed by atoms with van der Waals surface area (Å²) in [6.07, 6.45) is 3.89. The summed E-state index contributed by atoms with van der Waals surface area (Å²) in [5.41, 5.74) is 0.780. The lowest BCUT2D eigenvalue weighted by molar-refractivity contribution is -0.130. The third kappa shape index (κ3) is 3.73. The van der Waals surface area contributed by atoms with Crippen molar-refractivity contribution in [2.45, 2.75) is 48.7 Å². The van der Waals surface area contributed by atoms with E-state index in [2.05, 4.69) is 10.4 Å². The maximum absolute atomic E-state index is 12.5. The molecule has 0 aromatic heterocycles. The van der Waals surface area contributed by atoms with Gasteiger partial charge >= 0.3 is 0 Å². The van der Waals surface area contributed by atoms with E-state index in [9.17, 15) is 18.0 Å². The number of hydrogen-bond donors (Lipinski definition) is 1. The van der Waals surface area contributed by atoms with Gasteiger partial charge in [-0.05, 0) is 37.1 Å². The maximum Gasteiger partial charge on any atom is 0.271 e. The molecule has 0 atom stereocenters. The molecule has 134 valence electrons. The van der Waals surface area contributed by atoms with E-state index in [0.29, 0.717) is 24.9 Å². The Bertz CT molecular complexity index is 809. The van der Waals surface area contributed by atoms with Gasteiger partial charge < -0.3 is 5.32 Å². The third-order valence-electron chi connectivity index (χ3n) is 4.65. The summed E-state index contributed by atoms with van der Waals surface area (Å²) in [5, 5.41) is 7.52. The molecule has 0 radical (unpaired) electrons. The molecule has 8 heteroatoms. The Labute approximate surface area is 147 Å². The molecule has 2 aliphatic rings. The Morgan fingerprint density at radius 3 is 2.40 bits per heavy atom. The van der Waals surface area contributed by atoms with E-state index in [0.717, 1.165) is 17.9 Å². The molecule has 7 nitrogen and oxygen atoms in total. The van der Waals surface area contributed by atoms with Gasteiger partial charge in [-0.15, -0.1) is 0 Å². The van der Waals surface area contributed by atoms with Gasteiger partial charge in [0.1, 0.15) is 5.71 Å². The first-order valence-corrected chi connectivity index (χ1v) is 9.92. The van der Waals surface area contributed by atoms with Gasteiger partial charge in [-0.25, -0.2) is 13.4 Å². The fraction of sp³-hybridized carbons (Fsp3) is 0.471. The van der Waals surface area contributed by atoms with Gasteiger partial charge in [0.15, 0.2) is 9.84 Å². The zero-order valence-corrected chi connectivity index (χ0v) is 14.9. The minimum absolute atomic E-state index is 0.127. The lowest BCUT2D eigenvalue weighted by Gasteiger charge is -2.19. The van der Waals surface area contributed by atoms with E-state index < -0.39 is 9.84 Å². The van der Waals surface area contributed by atoms with Crippen LogP contribution in [0, 0.1) is 0 Å². The molecule has 1 aromatic carbocycles. The number of carbonyl (C=O) groups is 2. The number of hydrazone groups is 1. The Kier molecular flexibility index (Phi) is 4.89. The highest BCUT2D eigenvalue weighted by molar-refractivity contribution is 7.92. The van der Waals surface area contributed by atoms with Crippen molar-refractivity contribution in [2.75, 3.05) is 12.4 Å². The number of sulfone groups is 1. The topological polar surface area (TPSA) is 95.9 Å². The zero-order valence-electron chi connectivity index (χ0n) is 14.1. The second-order valence-corrected chi connectivity index (χ2v) is 8.62. The number of hydrogen-bond acceptors (Lipinski definition) is 5. The van der Waals surface area contributed by atoms with Crippen LogP contribution in [0.2, 0.25) is 0 Å². The van der Waals surface area contributed by atoms with Gasteiger partial charge in [-0.1, -0.05) is 12.8 Å². The van der Waals surface area contributed by atoms with Crippen molar-refractivity contribution in [3.8, 4) is 0 Å². The van der Waals surface area contributed by atoms with Gasteiger partial charge in [0.05, 0.1) is 10.1 Å². The molecule has 0 unspecified atom stereocenters. The molecule has 1 saturated carbocycles. The Balaban J connectivity index is 1.70. The van der Waals surface area contributed by atoms with Crippen molar-refractivity contribution < 1.29 is 18.0 Å². The van der Waals surface area contributed by atoms with Gasteiger partial charge in [0.2, 0.25) is 5.91 Å². The largest absolute Gasteiger partial charge is 0.321 e. The number of carbonyl (C=O) groups excluding carboxylic acids is 2. The van der Waals surface area contributed by atoms with E-state index in [4.69, 9.17) is 0 Å². The van der Waals surface area contributed by atoms with Gasteiger partial charge in [0.25, 0.3) is 5.91 Å². The summed E-state index contributed by atoms with van der Waals surface area (Å²) in [6, 6.07) is 6.22. The van der Waals surface area contributed by atoms with Crippen molar-refractivity contribution in [1.29, 1.82) is 0 Å². The molecule has 1 heterocycles. The molecule has 0 saturated heterocycles. The van der Waals surface area contributed by atoms with Crippen LogP contribution in [-0.2, 0) is 19.4 Å². The fourth-order valence-corrected chi connectivity index (χ4v) is 5.01. The smallest absolute Gasteiger partial charge is 0.271 e. The summed E-state index contributed by atoms with van der Waals surface area (Å²) in [5.74, 6) is -0.510. The van der Waals surface area contributed by atoms with Gasteiger partial charge in [-0.3, -0.25) is 9.59 Å². The summed E-state index contributed by atoms with van der Waals surface area (Å²) in [4.78, 5) is 23.9. The first-order valence-electron chi connectivity index (χ1n) is 8.37. The molecule has 1 N–H and O–H groups in total. The van der Waals surface area contributed by atoms with Gasteiger partial charge in [0, 0.05) is 25.6 Å². The lowest BCUT2D eigenvalue weighted by Crippen LogP contribution is -2.34. The van der Waals surface area contributed by atoms with E-state index in [1.54, 1.807) is 12.1 Å². The minimum atomic E-state index is -3.30. The fourth-order valence-electron chi connectivity index (χ4n) is 3.16. The number of benzene rings is 1. The van der Waals surface area contributed by atoms with Crippen LogP contribution in [-0.4, -0.2) is 43.3 Å². The molecule has 0 bridgehead atoms. The highest BCUT2D eigenvalue weighted by Crippen LogP contribution is 2.30. The summed E-state index contributed by atoms with van der Waals surface area (Å²) in [6.45, 7) is 0. The quantitative estimate of drug-likeness (QED) is 0.884. The first kappa shape index (κ1) is 17.6. The Hall–Kier alpha value is -2.22.